The van der Waals surface area contributed by atoms with Gasteiger partial charge in [0.25, 0.3) is 0 Å². The van der Waals surface area contributed by atoms with Crippen LogP contribution in [0.1, 0.15) is 38.4 Å². The van der Waals surface area contributed by atoms with Crippen molar-refractivity contribution in [3.63, 3.8) is 0 Å². The highest BCUT2D eigenvalue weighted by atomic mass is 32.2. The Labute approximate surface area is 218 Å². The molecule has 1 atom stereocenters. The Bertz CT molecular complexity index is 1390. The quantitative estimate of drug-likeness (QED) is 0.411. The molecular formula is C26H31N3O6S2. The van der Waals surface area contributed by atoms with Crippen LogP contribution in [0, 0.1) is 0 Å². The zero-order valence-electron chi connectivity index (χ0n) is 20.6. The standard InChI is InChI=1S/C26H31N3O6S2/c1-2-22-11-6-7-17-29(22)37(33,34)25-15-13-24(14-16-25)36(31,32)28(19-23-12-8-18-35-23)20-26(30)27-21-9-4-3-5-10-21/h3-5,8-10,12-16,18,22H,2,6-7,11,17,19-20H2,1H3,(H,27,30)/t22-/m1/s1. The van der Waals surface area contributed by atoms with Crippen molar-refractivity contribution in [2.75, 3.05) is 18.4 Å². The highest BCUT2D eigenvalue weighted by Gasteiger charge is 2.33. The molecule has 9 nitrogen and oxygen atoms in total. The van der Waals surface area contributed by atoms with Crippen LogP contribution in [0.5, 0.6) is 0 Å². The van der Waals surface area contributed by atoms with Gasteiger partial charge in [0.2, 0.25) is 26.0 Å². The molecule has 1 N–H and O–H groups in total. The fraction of sp³-hybridized carbons (Fsp3) is 0.346. The van der Waals surface area contributed by atoms with E-state index in [-0.39, 0.29) is 22.4 Å². The topological polar surface area (TPSA) is 117 Å². The second kappa shape index (κ2) is 11.6. The molecule has 198 valence electrons. The molecule has 1 aliphatic rings. The summed E-state index contributed by atoms with van der Waals surface area (Å²) in [5.74, 6) is -0.151. The number of benzene rings is 2. The summed E-state index contributed by atoms with van der Waals surface area (Å²) < 4.78 is 61.5. The summed E-state index contributed by atoms with van der Waals surface area (Å²) in [6.45, 7) is 1.80. The molecule has 0 saturated carbocycles. The van der Waals surface area contributed by atoms with E-state index in [2.05, 4.69) is 5.32 Å². The molecule has 0 radical (unpaired) electrons. The van der Waals surface area contributed by atoms with E-state index < -0.39 is 32.5 Å². The second-order valence-electron chi connectivity index (χ2n) is 8.91. The molecule has 2 aromatic carbocycles. The average Bonchev–Trinajstić information content (AvgIpc) is 3.42. The number of furan rings is 1. The number of piperidine rings is 1. The molecule has 0 spiro atoms. The van der Waals surface area contributed by atoms with Crippen LogP contribution in [-0.4, -0.2) is 50.5 Å². The summed E-state index contributed by atoms with van der Waals surface area (Å²) in [4.78, 5) is 12.6. The van der Waals surface area contributed by atoms with Crippen molar-refractivity contribution in [2.24, 2.45) is 0 Å². The van der Waals surface area contributed by atoms with E-state index in [4.69, 9.17) is 4.42 Å². The largest absolute Gasteiger partial charge is 0.468 e. The number of rotatable bonds is 10. The number of hydrogen-bond acceptors (Lipinski definition) is 6. The van der Waals surface area contributed by atoms with Gasteiger partial charge < -0.3 is 9.73 Å². The minimum Gasteiger partial charge on any atom is -0.468 e. The zero-order chi connectivity index (χ0) is 26.5. The van der Waals surface area contributed by atoms with E-state index in [9.17, 15) is 21.6 Å². The van der Waals surface area contributed by atoms with Crippen molar-refractivity contribution in [1.82, 2.24) is 8.61 Å². The number of nitrogens with zero attached hydrogens (tertiary/aromatic N) is 2. The van der Waals surface area contributed by atoms with Gasteiger partial charge in [0.15, 0.2) is 0 Å². The molecule has 2 heterocycles. The first-order valence-electron chi connectivity index (χ1n) is 12.2. The lowest BCUT2D eigenvalue weighted by atomic mass is 10.0. The number of hydrogen-bond donors (Lipinski definition) is 1. The van der Waals surface area contributed by atoms with Crippen LogP contribution in [0.15, 0.2) is 87.2 Å². The van der Waals surface area contributed by atoms with Crippen LogP contribution >= 0.6 is 0 Å². The van der Waals surface area contributed by atoms with Crippen LogP contribution < -0.4 is 5.32 Å². The maximum atomic E-state index is 13.6. The van der Waals surface area contributed by atoms with E-state index in [0.717, 1.165) is 30.0 Å². The van der Waals surface area contributed by atoms with Crippen molar-refractivity contribution >= 4 is 31.6 Å². The zero-order valence-corrected chi connectivity index (χ0v) is 22.2. The van der Waals surface area contributed by atoms with Gasteiger partial charge in [-0.05, 0) is 67.8 Å². The monoisotopic (exact) mass is 545 g/mol. The molecule has 3 aromatic rings. The SMILES string of the molecule is CC[C@@H]1CCCCN1S(=O)(=O)c1ccc(S(=O)(=O)N(CC(=O)Nc2ccccc2)Cc2ccco2)cc1. The van der Waals surface area contributed by atoms with E-state index in [0.29, 0.717) is 18.0 Å². The summed E-state index contributed by atoms with van der Waals surface area (Å²) in [6, 6.07) is 17.1. The Hall–Kier alpha value is -2.99. The molecule has 11 heteroatoms. The van der Waals surface area contributed by atoms with E-state index in [1.54, 1.807) is 42.5 Å². The molecule has 0 aliphatic carbocycles. The van der Waals surface area contributed by atoms with Crippen LogP contribution in [0.25, 0.3) is 0 Å². The van der Waals surface area contributed by atoms with Gasteiger partial charge in [-0.25, -0.2) is 16.8 Å². The highest BCUT2D eigenvalue weighted by Crippen LogP contribution is 2.28. The molecular weight excluding hydrogens is 514 g/mol. The first-order chi connectivity index (χ1) is 17.7. The number of carbonyl (C=O) groups excluding carboxylic acids is 1. The van der Waals surface area contributed by atoms with E-state index >= 15 is 0 Å². The summed E-state index contributed by atoms with van der Waals surface area (Å²) in [5.41, 5.74) is 0.542. The Balaban J connectivity index is 1.58. The van der Waals surface area contributed by atoms with Crippen molar-refractivity contribution in [3.8, 4) is 0 Å². The third-order valence-electron chi connectivity index (χ3n) is 6.40. The number of sulfonamides is 2. The normalized spacial score (nSPS) is 17.1. The molecule has 1 aromatic heterocycles. The fourth-order valence-corrected chi connectivity index (χ4v) is 7.58. The van der Waals surface area contributed by atoms with Crippen molar-refractivity contribution < 1.29 is 26.0 Å². The predicted molar refractivity (Wildman–Crippen MR) is 140 cm³/mol. The van der Waals surface area contributed by atoms with Crippen molar-refractivity contribution in [3.05, 3.63) is 78.8 Å². The van der Waals surface area contributed by atoms with Gasteiger partial charge in [-0.3, -0.25) is 4.79 Å². The van der Waals surface area contributed by atoms with E-state index in [1.165, 1.54) is 34.8 Å². The molecule has 1 fully saturated rings. The molecule has 1 saturated heterocycles. The number of nitrogens with one attached hydrogen (secondary N) is 1. The third-order valence-corrected chi connectivity index (χ3v) is 10.2. The molecule has 1 aliphatic heterocycles. The van der Waals surface area contributed by atoms with Gasteiger partial charge in [0.1, 0.15) is 5.76 Å². The summed E-state index contributed by atoms with van der Waals surface area (Å²) in [7, 11) is -7.92. The minimum absolute atomic E-state index is 0.0474. The Morgan fingerprint density at radius 2 is 1.68 bits per heavy atom. The van der Waals surface area contributed by atoms with Gasteiger partial charge >= 0.3 is 0 Å². The minimum atomic E-state index is -4.16. The molecule has 1 amide bonds. The van der Waals surface area contributed by atoms with Crippen LogP contribution in [0.4, 0.5) is 5.69 Å². The van der Waals surface area contributed by atoms with Crippen LogP contribution in [0.3, 0.4) is 0 Å². The lowest BCUT2D eigenvalue weighted by molar-refractivity contribution is -0.116. The number of carbonyl (C=O) groups is 1. The molecule has 4 rings (SSSR count). The average molecular weight is 546 g/mol. The van der Waals surface area contributed by atoms with Crippen LogP contribution in [-0.2, 0) is 31.4 Å². The molecule has 37 heavy (non-hydrogen) atoms. The smallest absolute Gasteiger partial charge is 0.243 e. The van der Waals surface area contributed by atoms with E-state index in [1.807, 2.05) is 6.92 Å². The highest BCUT2D eigenvalue weighted by molar-refractivity contribution is 7.89. The maximum Gasteiger partial charge on any atom is 0.243 e. The first-order valence-corrected chi connectivity index (χ1v) is 15.1. The second-order valence-corrected chi connectivity index (χ2v) is 12.7. The van der Waals surface area contributed by atoms with Crippen molar-refractivity contribution in [1.29, 1.82) is 0 Å². The summed E-state index contributed by atoms with van der Waals surface area (Å²) >= 11 is 0. The molecule has 0 unspecified atom stereocenters. The van der Waals surface area contributed by atoms with Gasteiger partial charge in [-0.2, -0.15) is 8.61 Å². The Morgan fingerprint density at radius 1 is 0.973 bits per heavy atom. The first kappa shape index (κ1) is 27.1. The Kier molecular flexibility index (Phi) is 8.48. The Morgan fingerprint density at radius 3 is 2.32 bits per heavy atom. The lowest BCUT2D eigenvalue weighted by Crippen LogP contribution is -2.43. The van der Waals surface area contributed by atoms with Gasteiger partial charge in [-0.1, -0.05) is 31.5 Å². The lowest BCUT2D eigenvalue weighted by Gasteiger charge is -2.34. The maximum absolute atomic E-state index is 13.6. The summed E-state index contributed by atoms with van der Waals surface area (Å²) in [5, 5.41) is 2.69. The van der Waals surface area contributed by atoms with Gasteiger partial charge in [-0.15, -0.1) is 0 Å². The fourth-order valence-electron chi connectivity index (χ4n) is 4.45. The summed E-state index contributed by atoms with van der Waals surface area (Å²) in [6.07, 6.45) is 4.75. The van der Waals surface area contributed by atoms with Crippen LogP contribution in [0.2, 0.25) is 0 Å². The van der Waals surface area contributed by atoms with Crippen molar-refractivity contribution in [2.45, 2.75) is 55.0 Å². The van der Waals surface area contributed by atoms with Gasteiger partial charge in [0, 0.05) is 18.3 Å². The predicted octanol–water partition coefficient (Wildman–Crippen LogP) is 4.06. The number of para-hydroxylation sites is 1. The number of amides is 1. The number of anilines is 1. The van der Waals surface area contributed by atoms with Gasteiger partial charge in [0.05, 0.1) is 29.1 Å². The molecule has 0 bridgehead atoms. The third kappa shape index (κ3) is 6.30.